The predicted octanol–water partition coefficient (Wildman–Crippen LogP) is 4.56. The second-order valence-corrected chi connectivity index (χ2v) is 6.23. The van der Waals surface area contributed by atoms with E-state index in [1.807, 2.05) is 13.8 Å². The van der Waals surface area contributed by atoms with Crippen LogP contribution in [-0.2, 0) is 4.74 Å². The number of carbonyl (C=O) groups is 1. The van der Waals surface area contributed by atoms with Gasteiger partial charge in [-0.25, -0.2) is 4.79 Å². The molecule has 0 unspecified atom stereocenters. The lowest BCUT2D eigenvalue weighted by Gasteiger charge is -2.13. The van der Waals surface area contributed by atoms with E-state index in [0.29, 0.717) is 6.61 Å². The summed E-state index contributed by atoms with van der Waals surface area (Å²) in [5.41, 5.74) is 11.5. The number of aryl methyl sites for hydroxylation is 5. The van der Waals surface area contributed by atoms with Crippen LogP contribution in [0.3, 0.4) is 0 Å². The van der Waals surface area contributed by atoms with E-state index in [-0.39, 0.29) is 5.97 Å². The van der Waals surface area contributed by atoms with Gasteiger partial charge in [0.05, 0.1) is 28.7 Å². The topological polar surface area (TPSA) is 30.7 Å². The number of hydrogen-bond donors (Lipinski definition) is 0. The first-order chi connectivity index (χ1) is 10.3. The number of aromatic nitrogens is 1. The van der Waals surface area contributed by atoms with Gasteiger partial charge >= 0.3 is 5.97 Å². The fraction of sp³-hybridized carbons (Fsp3) is 0.421. The molecular formula is C19H23NO2. The van der Waals surface area contributed by atoms with Crippen molar-refractivity contribution in [3.63, 3.8) is 0 Å². The van der Waals surface area contributed by atoms with Crippen molar-refractivity contribution >= 4 is 22.5 Å². The molecule has 3 aromatic heterocycles. The van der Waals surface area contributed by atoms with E-state index in [4.69, 9.17) is 4.74 Å². The fourth-order valence-corrected chi connectivity index (χ4v) is 3.78. The number of hydrogen-bond acceptors (Lipinski definition) is 2. The van der Waals surface area contributed by atoms with E-state index in [1.165, 1.54) is 33.3 Å². The summed E-state index contributed by atoms with van der Waals surface area (Å²) in [5.74, 6) is -0.214. The van der Waals surface area contributed by atoms with Crippen molar-refractivity contribution in [1.29, 1.82) is 0 Å². The molecule has 3 aromatic rings. The summed E-state index contributed by atoms with van der Waals surface area (Å²) in [6.07, 6.45) is 0. The molecule has 0 aliphatic rings. The van der Waals surface area contributed by atoms with E-state index in [9.17, 15) is 4.79 Å². The normalized spacial score (nSPS) is 11.8. The van der Waals surface area contributed by atoms with Gasteiger partial charge in [-0.3, -0.25) is 0 Å². The molecule has 0 saturated heterocycles. The molecule has 0 saturated carbocycles. The number of nitrogens with zero attached hydrogens (tertiary/aromatic N) is 1. The van der Waals surface area contributed by atoms with Gasteiger partial charge in [0, 0.05) is 0 Å². The molecule has 0 aromatic carbocycles. The lowest BCUT2D eigenvalue weighted by molar-refractivity contribution is 0.0528. The molecule has 22 heavy (non-hydrogen) atoms. The number of ether oxygens (including phenoxy) is 1. The van der Waals surface area contributed by atoms with E-state index >= 15 is 0 Å². The highest BCUT2D eigenvalue weighted by molar-refractivity contribution is 6.06. The fourth-order valence-electron chi connectivity index (χ4n) is 3.78. The molecule has 3 heterocycles. The average molecular weight is 297 g/mol. The third-order valence-corrected chi connectivity index (χ3v) is 5.23. The summed E-state index contributed by atoms with van der Waals surface area (Å²) in [6, 6.07) is 0. The smallest absolute Gasteiger partial charge is 0.340 e. The lowest BCUT2D eigenvalue weighted by Crippen LogP contribution is -2.07. The number of pyridine rings is 1. The molecule has 0 amide bonds. The zero-order valence-electron chi connectivity index (χ0n) is 14.5. The Balaban J connectivity index is 2.61. The Labute approximate surface area is 131 Å². The van der Waals surface area contributed by atoms with Crippen molar-refractivity contribution in [2.24, 2.45) is 0 Å². The summed E-state index contributed by atoms with van der Waals surface area (Å²) < 4.78 is 7.58. The van der Waals surface area contributed by atoms with Crippen molar-refractivity contribution in [2.75, 3.05) is 6.61 Å². The average Bonchev–Trinajstić information content (AvgIpc) is 2.90. The molecule has 3 nitrogen and oxygen atoms in total. The van der Waals surface area contributed by atoms with Gasteiger partial charge in [0.1, 0.15) is 0 Å². The highest BCUT2D eigenvalue weighted by atomic mass is 16.5. The monoisotopic (exact) mass is 297 g/mol. The van der Waals surface area contributed by atoms with Crippen molar-refractivity contribution in [3.8, 4) is 0 Å². The largest absolute Gasteiger partial charge is 0.462 e. The van der Waals surface area contributed by atoms with Gasteiger partial charge in [-0.15, -0.1) is 0 Å². The zero-order chi connectivity index (χ0) is 16.3. The van der Waals surface area contributed by atoms with Crippen LogP contribution in [0, 0.1) is 41.5 Å². The van der Waals surface area contributed by atoms with Gasteiger partial charge in [0.2, 0.25) is 0 Å². The highest BCUT2D eigenvalue weighted by Crippen LogP contribution is 2.39. The first-order valence-electron chi connectivity index (χ1n) is 7.82. The maximum absolute atomic E-state index is 12.5. The third kappa shape index (κ3) is 1.59. The summed E-state index contributed by atoms with van der Waals surface area (Å²) >= 11 is 0. The SMILES string of the molecule is CCOC(=O)c1c(C)c2c(C)c(C)c3c(C)c(C)c(C)c1n32. The van der Waals surface area contributed by atoms with Crippen molar-refractivity contribution in [1.82, 2.24) is 4.40 Å². The van der Waals surface area contributed by atoms with E-state index < -0.39 is 0 Å². The minimum absolute atomic E-state index is 0.214. The van der Waals surface area contributed by atoms with Crippen LogP contribution in [-0.4, -0.2) is 17.0 Å². The molecular weight excluding hydrogens is 274 g/mol. The number of carbonyl (C=O) groups excluding carboxylic acids is 1. The second-order valence-electron chi connectivity index (χ2n) is 6.23. The van der Waals surface area contributed by atoms with Gasteiger partial charge < -0.3 is 9.14 Å². The molecule has 0 aliphatic carbocycles. The van der Waals surface area contributed by atoms with Gasteiger partial charge in [0.25, 0.3) is 0 Å². The van der Waals surface area contributed by atoms with E-state index in [0.717, 1.165) is 22.2 Å². The summed E-state index contributed by atoms with van der Waals surface area (Å²) in [5, 5.41) is 0. The van der Waals surface area contributed by atoms with Crippen molar-refractivity contribution < 1.29 is 9.53 Å². The van der Waals surface area contributed by atoms with Crippen LogP contribution in [0.2, 0.25) is 0 Å². The minimum Gasteiger partial charge on any atom is -0.462 e. The minimum atomic E-state index is -0.214. The third-order valence-electron chi connectivity index (χ3n) is 5.23. The van der Waals surface area contributed by atoms with Crippen LogP contribution >= 0.6 is 0 Å². The Kier molecular flexibility index (Phi) is 3.20. The van der Waals surface area contributed by atoms with Gasteiger partial charge in [-0.2, -0.15) is 0 Å². The summed E-state index contributed by atoms with van der Waals surface area (Å²) in [6.45, 7) is 15.0. The Morgan fingerprint density at radius 3 is 1.77 bits per heavy atom. The van der Waals surface area contributed by atoms with Crippen LogP contribution in [0.25, 0.3) is 16.6 Å². The number of rotatable bonds is 2. The van der Waals surface area contributed by atoms with Crippen LogP contribution in [0.4, 0.5) is 0 Å². The first kappa shape index (κ1) is 14.9. The first-order valence-corrected chi connectivity index (χ1v) is 7.82. The standard InChI is InChI=1S/C19H23NO2/c1-8-22-19(21)15-14(7)17-13(6)12(5)16-10(3)9(2)11(4)18(15)20(16)17/h8H2,1-7H3. The molecule has 0 atom stereocenters. The number of esters is 1. The Morgan fingerprint density at radius 2 is 1.23 bits per heavy atom. The Morgan fingerprint density at radius 1 is 0.773 bits per heavy atom. The van der Waals surface area contributed by atoms with Crippen LogP contribution < -0.4 is 0 Å². The van der Waals surface area contributed by atoms with E-state index in [1.54, 1.807) is 0 Å². The maximum Gasteiger partial charge on any atom is 0.340 e. The van der Waals surface area contributed by atoms with E-state index in [2.05, 4.69) is 39.0 Å². The molecule has 0 radical (unpaired) electrons. The van der Waals surface area contributed by atoms with Gasteiger partial charge in [0.15, 0.2) is 0 Å². The quantitative estimate of drug-likeness (QED) is 0.649. The zero-order valence-corrected chi connectivity index (χ0v) is 14.5. The molecule has 116 valence electrons. The molecule has 3 rings (SSSR count). The molecule has 3 heteroatoms. The summed E-state index contributed by atoms with van der Waals surface area (Å²) in [4.78, 5) is 12.5. The van der Waals surface area contributed by atoms with Crippen LogP contribution in [0.1, 0.15) is 50.7 Å². The molecule has 0 bridgehead atoms. The van der Waals surface area contributed by atoms with Crippen molar-refractivity contribution in [2.45, 2.75) is 48.5 Å². The van der Waals surface area contributed by atoms with Crippen LogP contribution in [0.5, 0.6) is 0 Å². The van der Waals surface area contributed by atoms with Gasteiger partial charge in [-0.1, -0.05) is 0 Å². The lowest BCUT2D eigenvalue weighted by atomic mass is 9.98. The summed E-state index contributed by atoms with van der Waals surface area (Å²) in [7, 11) is 0. The predicted molar refractivity (Wildman–Crippen MR) is 90.5 cm³/mol. The van der Waals surface area contributed by atoms with Crippen molar-refractivity contribution in [3.05, 3.63) is 38.9 Å². The van der Waals surface area contributed by atoms with Gasteiger partial charge in [-0.05, 0) is 81.8 Å². The molecule has 0 N–H and O–H groups in total. The van der Waals surface area contributed by atoms with Crippen LogP contribution in [0.15, 0.2) is 0 Å². The Hall–Kier alpha value is -2.03. The maximum atomic E-state index is 12.5. The second kappa shape index (κ2) is 4.73. The highest BCUT2D eigenvalue weighted by Gasteiger charge is 2.27. The Bertz CT molecular complexity index is 915. The molecule has 0 fully saturated rings. The molecule has 0 spiro atoms. The molecule has 0 aliphatic heterocycles.